The molecule has 8 aromatic carbocycles. The van der Waals surface area contributed by atoms with E-state index in [0.717, 1.165) is 117 Å². The van der Waals surface area contributed by atoms with E-state index in [4.69, 9.17) is 53.2 Å². The van der Waals surface area contributed by atoms with Gasteiger partial charge in [0.1, 0.15) is 63.2 Å². The Kier molecular flexibility index (Phi) is 30.7. The molecule has 118 heavy (non-hydrogen) atoms. The molecule has 0 radical (unpaired) electrons. The number of fused-ring (bicyclic) bond motifs is 3. The summed E-state index contributed by atoms with van der Waals surface area (Å²) in [4.78, 5) is 76.8. The van der Waals surface area contributed by atoms with E-state index >= 15 is 0 Å². The van der Waals surface area contributed by atoms with Crippen molar-refractivity contribution >= 4 is 116 Å². The van der Waals surface area contributed by atoms with Gasteiger partial charge >= 0.3 is 17.9 Å². The summed E-state index contributed by atoms with van der Waals surface area (Å²) in [6.07, 6.45) is 8.21. The highest BCUT2D eigenvalue weighted by Gasteiger charge is 2.31. The number of nitrogens with zero attached hydrogens (tertiary/aromatic N) is 1. The zero-order valence-corrected chi connectivity index (χ0v) is 68.4. The van der Waals surface area contributed by atoms with Crippen molar-refractivity contribution in [3.8, 4) is 46.0 Å². The van der Waals surface area contributed by atoms with Crippen molar-refractivity contribution in [1.82, 2.24) is 15.6 Å². The van der Waals surface area contributed by atoms with Crippen LogP contribution in [0.5, 0.6) is 46.0 Å². The largest absolute Gasteiger partial charge is 0.497 e. The number of aromatic nitrogens is 1. The first-order valence-corrected chi connectivity index (χ1v) is 38.8. The number of benzene rings is 8. The number of carbonyl (C=O) groups is 6. The monoisotopic (exact) mass is 1620 g/mol. The van der Waals surface area contributed by atoms with Gasteiger partial charge in [-0.2, -0.15) is 0 Å². The lowest BCUT2D eigenvalue weighted by Gasteiger charge is -2.16. The van der Waals surface area contributed by atoms with Crippen molar-refractivity contribution in [2.24, 2.45) is 0 Å². The predicted molar refractivity (Wildman–Crippen MR) is 460 cm³/mol. The Morgan fingerprint density at radius 2 is 0.805 bits per heavy atom. The Labute approximate surface area is 689 Å². The Balaban J connectivity index is 0.000000186. The van der Waals surface area contributed by atoms with Gasteiger partial charge in [-0.3, -0.25) is 33.8 Å². The van der Waals surface area contributed by atoms with Gasteiger partial charge in [-0.05, 0) is 242 Å². The molecule has 0 unspecified atom stereocenters. The Bertz CT molecular complexity index is 5340. The molecule has 0 bridgehead atoms. The molecule has 1 heterocycles. The van der Waals surface area contributed by atoms with Crippen molar-refractivity contribution in [3.63, 3.8) is 0 Å². The minimum atomic E-state index is -0.912. The number of ether oxygens (including phenoxy) is 8. The second kappa shape index (κ2) is 41.7. The molecule has 23 nitrogen and oxygen atoms in total. The molecule has 0 saturated carbocycles. The van der Waals surface area contributed by atoms with E-state index in [1.807, 2.05) is 185 Å². The molecule has 8 N–H and O–H groups in total. The number of allylic oxidation sites excluding steroid dienone is 6. The summed E-state index contributed by atoms with van der Waals surface area (Å²) in [5.41, 5.74) is 19.9. The third-order valence-electron chi connectivity index (χ3n) is 19.8. The summed E-state index contributed by atoms with van der Waals surface area (Å²) in [6, 6.07) is 52.2. The van der Waals surface area contributed by atoms with Crippen LogP contribution in [0.3, 0.4) is 0 Å². The first-order chi connectivity index (χ1) is 57.0. The lowest BCUT2D eigenvalue weighted by Crippen LogP contribution is -2.23. The van der Waals surface area contributed by atoms with Crippen molar-refractivity contribution in [3.05, 3.63) is 260 Å². The molecule has 3 aliphatic rings. The fraction of sp³-hybridized carbons (Fsp3) is 0.237. The van der Waals surface area contributed by atoms with Crippen LogP contribution in [0.1, 0.15) is 121 Å². The molecule has 0 spiro atoms. The van der Waals surface area contributed by atoms with E-state index in [1.165, 1.54) is 38.1 Å². The second-order valence-electron chi connectivity index (χ2n) is 27.3. The molecule has 0 fully saturated rings. The van der Waals surface area contributed by atoms with Crippen LogP contribution < -0.4 is 64.5 Å². The number of halogens is 1. The van der Waals surface area contributed by atoms with Crippen LogP contribution >= 0.6 is 11.8 Å². The Hall–Kier alpha value is -13.6. The fourth-order valence-electron chi connectivity index (χ4n) is 13.9. The molecular weight excluding hydrogens is 1520 g/mol. The molecule has 9 aromatic rings. The Morgan fingerprint density at radius 3 is 1.21 bits per heavy atom. The molecule has 12 rings (SSSR count). The van der Waals surface area contributed by atoms with Crippen LogP contribution in [-0.4, -0.2) is 132 Å². The first kappa shape index (κ1) is 86.8. The number of carboxylic acid groups (broad SMARTS) is 3. The molecular formula is C93H95FN6O17S. The standard InChI is InChI=1S/C31H31FN2O5.C31H32N2O6S.C31H32N2O6/c1-19-24(13-21-14-27(38-2)31(28(15-21)39-3)33-12-11-30(36)37)23-10-9-22(32)16-26(23)25(19)17-29(35)34-18-20-7-5-4-6-8-20;1-19-24(13-20-14-27(38-3)31(28(15-20)39-4)40-12-10-30(35)36)23-9-8-22(37-2)16-26(23)25(19)17-29(34)33-18-21-7-5-6-11-32-21;1-19-24(14-20-15-27(38-3)31(28(16-20)39-4)32-13-12-30(35)36)23-11-10-22(37-2)17-26(23)25(19)18-29(34)33-21-8-6-5-7-9-21/h4-10,13-16,33H,11-12,17-18H2,1-3H3,(H,34,35)(H,36,37);5-9,11,13-16H,10,12,17-18H2,1-4H3,(H,33,34)(H,35,36);5-11,14-17,32H,12-13,18H2,1-4H3,(H,33,34)(H,35,36)/b2*24-13-;24-14-. The molecule has 3 amide bonds. The fourth-order valence-corrected chi connectivity index (χ4v) is 14.9. The Morgan fingerprint density at radius 1 is 0.415 bits per heavy atom. The number of carbonyl (C=O) groups excluding carboxylic acids is 3. The number of hydrogen-bond acceptors (Lipinski definition) is 18. The smallest absolute Gasteiger partial charge is 0.305 e. The number of carboxylic acids is 3. The van der Waals surface area contributed by atoms with Gasteiger partial charge in [0.25, 0.3) is 0 Å². The van der Waals surface area contributed by atoms with Crippen LogP contribution in [-0.2, 0) is 41.9 Å². The number of para-hydroxylation sites is 1. The zero-order valence-electron chi connectivity index (χ0n) is 67.5. The number of rotatable bonds is 34. The van der Waals surface area contributed by atoms with Gasteiger partial charge in [0.2, 0.25) is 17.7 Å². The van der Waals surface area contributed by atoms with Crippen LogP contribution in [0.2, 0.25) is 0 Å². The molecule has 0 saturated heterocycles. The van der Waals surface area contributed by atoms with Crippen LogP contribution in [0.4, 0.5) is 21.5 Å². The van der Waals surface area contributed by atoms with Crippen molar-refractivity contribution in [1.29, 1.82) is 0 Å². The summed E-state index contributed by atoms with van der Waals surface area (Å²) in [7, 11) is 12.6. The molecule has 0 aliphatic heterocycles. The summed E-state index contributed by atoms with van der Waals surface area (Å²) in [5, 5.41) is 42.0. The van der Waals surface area contributed by atoms with Crippen LogP contribution in [0.15, 0.2) is 198 Å². The highest BCUT2D eigenvalue weighted by atomic mass is 32.2. The van der Waals surface area contributed by atoms with E-state index in [9.17, 15) is 33.2 Å². The van der Waals surface area contributed by atoms with E-state index in [-0.39, 0.29) is 75.2 Å². The highest BCUT2D eigenvalue weighted by Crippen LogP contribution is 2.50. The van der Waals surface area contributed by atoms with Crippen LogP contribution in [0.25, 0.3) is 51.7 Å². The van der Waals surface area contributed by atoms with Gasteiger partial charge in [0.05, 0.1) is 113 Å². The zero-order chi connectivity index (χ0) is 84.5. The molecule has 25 heteroatoms. The lowest BCUT2D eigenvalue weighted by molar-refractivity contribution is -0.137. The summed E-state index contributed by atoms with van der Waals surface area (Å²) in [6.45, 7) is 7.17. The molecule has 1 aromatic heterocycles. The second-order valence-corrected chi connectivity index (χ2v) is 28.4. The lowest BCUT2D eigenvalue weighted by atomic mass is 10.00. The SMILES string of the molecule is COc1cc(/C=C2/C(C)=C(CC(=O)NCc3ccccc3)c3cc(F)ccc32)cc(OC)c1NCCC(=O)O.COc1ccc2c(c1)C(CC(=O)NCc1ccccn1)=C(C)/C2=C/c1cc(OC)c(SCCC(=O)O)c(OC)c1.COc1ccc2c(c1)C(CC(=O)Nc1ccccc1)=C(C)/C2=C/c1cc(OC)c(NCCC(=O)O)c(OC)c1. The number of anilines is 3. The van der Waals surface area contributed by atoms with Crippen LogP contribution in [0, 0.1) is 5.82 Å². The quantitative estimate of drug-likeness (QED) is 0.0174. The molecule has 612 valence electrons. The van der Waals surface area contributed by atoms with E-state index in [1.54, 1.807) is 54.9 Å². The van der Waals surface area contributed by atoms with E-state index < -0.39 is 17.9 Å². The number of pyridine rings is 1. The van der Waals surface area contributed by atoms with E-state index in [2.05, 4.69) is 37.6 Å². The number of hydrogen-bond donors (Lipinski definition) is 8. The average Bonchev–Trinajstić information content (AvgIpc) is 1.62. The number of methoxy groups -OCH3 is 8. The van der Waals surface area contributed by atoms with Gasteiger partial charge < -0.3 is 79.8 Å². The maximum absolute atomic E-state index is 14.3. The maximum atomic E-state index is 14.3. The van der Waals surface area contributed by atoms with Gasteiger partial charge in [-0.25, -0.2) is 4.39 Å². The van der Waals surface area contributed by atoms with Crippen molar-refractivity contribution < 1.29 is 86.4 Å². The first-order valence-electron chi connectivity index (χ1n) is 37.8. The van der Waals surface area contributed by atoms with Gasteiger partial charge in [-0.1, -0.05) is 72.8 Å². The summed E-state index contributed by atoms with van der Waals surface area (Å²) >= 11 is 1.38. The molecule has 3 aliphatic carbocycles. The normalized spacial score (nSPS) is 13.2. The number of nitrogens with one attached hydrogen (secondary N) is 5. The topological polar surface area (TPSA) is 310 Å². The van der Waals surface area contributed by atoms with E-state index in [0.29, 0.717) is 81.8 Å². The predicted octanol–water partition coefficient (Wildman–Crippen LogP) is 17.4. The third-order valence-corrected chi connectivity index (χ3v) is 20.9. The number of amides is 3. The minimum Gasteiger partial charge on any atom is -0.497 e. The minimum absolute atomic E-state index is 0.0330. The number of aliphatic carboxylic acids is 3. The van der Waals surface area contributed by atoms with Crippen molar-refractivity contribution in [2.75, 3.05) is 91.7 Å². The summed E-state index contributed by atoms with van der Waals surface area (Å²) in [5.74, 6) is 1.69. The molecule has 0 atom stereocenters. The maximum Gasteiger partial charge on any atom is 0.305 e. The van der Waals surface area contributed by atoms with Gasteiger partial charge in [0, 0.05) is 37.3 Å². The van der Waals surface area contributed by atoms with Gasteiger partial charge in [0.15, 0.2) is 0 Å². The third kappa shape index (κ3) is 22.3. The highest BCUT2D eigenvalue weighted by molar-refractivity contribution is 7.99. The van der Waals surface area contributed by atoms with Crippen molar-refractivity contribution in [2.45, 2.75) is 77.3 Å². The number of thioether (sulfide) groups is 1. The summed E-state index contributed by atoms with van der Waals surface area (Å²) < 4.78 is 58.9. The van der Waals surface area contributed by atoms with Gasteiger partial charge in [-0.15, -0.1) is 11.8 Å². The average molecular weight is 1620 g/mol.